The minimum Gasteiger partial charge on any atom is -0.197 e. The SMILES string of the molecule is C.C#C.O=S. The van der Waals surface area contributed by atoms with E-state index in [4.69, 9.17) is 4.21 Å². The maximum Gasteiger partial charge on any atom is 0.197 e. The molecule has 0 aromatic heterocycles. The van der Waals surface area contributed by atoms with Gasteiger partial charge in [0.05, 0.1) is 0 Å². The Morgan fingerprint density at radius 2 is 1.20 bits per heavy atom. The van der Waals surface area contributed by atoms with Crippen LogP contribution in [0.5, 0.6) is 0 Å². The average Bonchev–Trinajstić information content (AvgIpc) is 1.50. The molecule has 5 heavy (non-hydrogen) atoms. The maximum atomic E-state index is 7.83. The largest absolute Gasteiger partial charge is 0.197 e. The Balaban J connectivity index is -0.0000000133. The van der Waals surface area contributed by atoms with Crippen LogP contribution in [0.1, 0.15) is 7.43 Å². The summed E-state index contributed by atoms with van der Waals surface area (Å²) in [5.74, 6) is 0. The Hall–Kier alpha value is -0.420. The van der Waals surface area contributed by atoms with E-state index < -0.39 is 0 Å². The van der Waals surface area contributed by atoms with Gasteiger partial charge in [-0.1, -0.05) is 7.43 Å². The zero-order chi connectivity index (χ0) is 4.00. The smallest absolute Gasteiger partial charge is 0.197 e. The quantitative estimate of drug-likeness (QED) is 0.404. The highest BCUT2D eigenvalue weighted by Crippen LogP contribution is 0.579. The van der Waals surface area contributed by atoms with Gasteiger partial charge in [0, 0.05) is 0 Å². The fraction of sp³-hybridized carbons (Fsp3) is 0.333. The summed E-state index contributed by atoms with van der Waals surface area (Å²) in [5, 5.41) is 0. The molecule has 0 unspecified atom stereocenters. The first-order chi connectivity index (χ1) is 2.00. The first kappa shape index (κ1) is 23.5. The topological polar surface area (TPSA) is 17.1 Å². The molecule has 0 fully saturated rings. The second-order valence-corrected chi connectivity index (χ2v) is 0. The molecular formula is C3H6OS. The van der Waals surface area contributed by atoms with Crippen molar-refractivity contribution in [1.82, 2.24) is 0 Å². The second-order valence-electron chi connectivity index (χ2n) is 0. The lowest BCUT2D eigenvalue weighted by Gasteiger charge is -0.734. The second kappa shape index (κ2) is 135. The monoisotopic (exact) mass is 90.0 g/mol. The molecule has 0 atom stereocenters. The van der Waals surface area contributed by atoms with Crippen LogP contribution < -0.4 is 0 Å². The Kier molecular flexibility index (Phi) is 635. The molecule has 0 saturated carbocycles. The van der Waals surface area contributed by atoms with Crippen molar-refractivity contribution in [2.45, 2.75) is 7.43 Å². The van der Waals surface area contributed by atoms with Gasteiger partial charge < -0.3 is 0 Å². The normalized spacial score (nSPS) is 1.20. The van der Waals surface area contributed by atoms with Crippen LogP contribution in [0, 0.1) is 12.8 Å². The molecule has 0 aliphatic rings. The van der Waals surface area contributed by atoms with Gasteiger partial charge in [0.2, 0.25) is 0 Å². The number of terminal acetylenes is 1. The third-order valence-electron chi connectivity index (χ3n) is 0. The number of hydrogen-bond acceptors (Lipinski definition) is 2. The molecule has 0 bridgehead atoms. The van der Waals surface area contributed by atoms with Crippen molar-refractivity contribution in [3.05, 3.63) is 0 Å². The molecule has 30 valence electrons. The molecule has 0 radical (unpaired) electrons. The van der Waals surface area contributed by atoms with Gasteiger partial charge in [0.1, 0.15) is 0 Å². The van der Waals surface area contributed by atoms with E-state index in [0.29, 0.717) is 0 Å². The zero-order valence-electron chi connectivity index (χ0n) is 1.97. The van der Waals surface area contributed by atoms with Crippen LogP contribution in [0.25, 0.3) is 0 Å². The summed E-state index contributed by atoms with van der Waals surface area (Å²) in [4.78, 5) is 0. The highest BCUT2D eigenvalue weighted by Gasteiger charge is 0.734. The molecule has 0 aliphatic heterocycles. The van der Waals surface area contributed by atoms with Crippen molar-refractivity contribution < 1.29 is 4.21 Å². The molecule has 2 heteroatoms. The highest BCUT2D eigenvalue weighted by atomic mass is 32.1. The van der Waals surface area contributed by atoms with Crippen LogP contribution in [0.15, 0.2) is 0 Å². The van der Waals surface area contributed by atoms with Crippen molar-refractivity contribution in [3.63, 3.8) is 0 Å². The van der Waals surface area contributed by atoms with E-state index >= 15 is 0 Å². The lowest BCUT2D eigenvalue weighted by molar-refractivity contribution is 0.702. The Bertz CT molecular complexity index is 18.1. The van der Waals surface area contributed by atoms with Crippen LogP contribution in [0.3, 0.4) is 0 Å². The van der Waals surface area contributed by atoms with Gasteiger partial charge in [-0.2, -0.15) is 4.21 Å². The summed E-state index contributed by atoms with van der Waals surface area (Å²) in [5.41, 5.74) is 0. The van der Waals surface area contributed by atoms with Crippen LogP contribution >= 0.6 is 0 Å². The minimum atomic E-state index is 0. The van der Waals surface area contributed by atoms with Gasteiger partial charge in [0.15, 0.2) is 12.5 Å². The summed E-state index contributed by atoms with van der Waals surface area (Å²) < 4.78 is 7.83. The molecule has 0 aromatic carbocycles. The summed E-state index contributed by atoms with van der Waals surface area (Å²) in [6, 6.07) is 0. The Morgan fingerprint density at radius 3 is 1.20 bits per heavy atom. The Labute approximate surface area is 37.9 Å². The van der Waals surface area contributed by atoms with Crippen molar-refractivity contribution >= 4 is 12.5 Å². The van der Waals surface area contributed by atoms with Crippen LogP contribution in [0.2, 0.25) is 0 Å². The van der Waals surface area contributed by atoms with E-state index in [1.807, 2.05) is 0 Å². The van der Waals surface area contributed by atoms with E-state index in [0.717, 1.165) is 0 Å². The first-order valence-electron chi connectivity index (χ1n) is 0.500. The van der Waals surface area contributed by atoms with Gasteiger partial charge in [-0.25, -0.2) is 0 Å². The average molecular weight is 90.1 g/mol. The van der Waals surface area contributed by atoms with Crippen LogP contribution in [-0.2, 0) is 12.5 Å². The van der Waals surface area contributed by atoms with Crippen LogP contribution in [-0.4, -0.2) is 4.21 Å². The van der Waals surface area contributed by atoms with Crippen molar-refractivity contribution in [2.24, 2.45) is 0 Å². The molecule has 0 aromatic rings. The maximum absolute atomic E-state index is 7.83. The van der Waals surface area contributed by atoms with E-state index in [1.165, 1.54) is 0 Å². The molecule has 0 spiro atoms. The third kappa shape index (κ3) is 50.7. The molecule has 0 rings (SSSR count). The minimum absolute atomic E-state index is 0. The highest BCUT2D eigenvalue weighted by molar-refractivity contribution is 7.44. The van der Waals surface area contributed by atoms with E-state index in [1.54, 1.807) is 0 Å². The molecule has 0 heterocycles. The van der Waals surface area contributed by atoms with E-state index in [-0.39, 0.29) is 7.43 Å². The summed E-state index contributed by atoms with van der Waals surface area (Å²) >= 11 is 2.83. The van der Waals surface area contributed by atoms with Crippen molar-refractivity contribution in [1.29, 1.82) is 0 Å². The standard InChI is InChI=1S/C2H2.CH4.OS/c1-2;;1-2/h1-2H;1H4;. The lowest BCUT2D eigenvalue weighted by atomic mass is 11.4. The Morgan fingerprint density at radius 1 is 1.20 bits per heavy atom. The van der Waals surface area contributed by atoms with E-state index in [9.17, 15) is 0 Å². The summed E-state index contributed by atoms with van der Waals surface area (Å²) in [6.45, 7) is 0. The molecule has 0 aliphatic carbocycles. The lowest BCUT2D eigenvalue weighted by Crippen LogP contribution is -0.894. The fourth-order valence-corrected chi connectivity index (χ4v) is 0. The molecule has 0 N–H and O–H groups in total. The van der Waals surface area contributed by atoms with Crippen molar-refractivity contribution in [3.8, 4) is 12.8 Å². The summed E-state index contributed by atoms with van der Waals surface area (Å²) in [6.07, 6.45) is 8.00. The fourth-order valence-electron chi connectivity index (χ4n) is 0. The van der Waals surface area contributed by atoms with Crippen molar-refractivity contribution in [2.75, 3.05) is 0 Å². The number of rotatable bonds is 0. The molecule has 0 saturated heterocycles. The van der Waals surface area contributed by atoms with Crippen LogP contribution in [0.4, 0.5) is 0 Å². The number of hydrogen-bond donors (Lipinski definition) is 0. The third-order valence-corrected chi connectivity index (χ3v) is 0. The van der Waals surface area contributed by atoms with Gasteiger partial charge in [0.25, 0.3) is 0 Å². The van der Waals surface area contributed by atoms with Gasteiger partial charge in [-0.05, 0) is 0 Å². The van der Waals surface area contributed by atoms with Gasteiger partial charge >= 0.3 is 0 Å². The zero-order valence-corrected chi connectivity index (χ0v) is 2.79. The van der Waals surface area contributed by atoms with Gasteiger partial charge in [-0.15, -0.1) is 12.8 Å². The molecule has 0 amide bonds. The van der Waals surface area contributed by atoms with Gasteiger partial charge in [-0.3, -0.25) is 0 Å². The first-order valence-corrected chi connectivity index (χ1v) is 0.833. The van der Waals surface area contributed by atoms with E-state index in [2.05, 4.69) is 25.4 Å². The predicted octanol–water partition coefficient (Wildman–Crippen LogP) is 0.549. The molecule has 1 nitrogen and oxygen atoms in total. The molecular weight excluding hydrogens is 84.1 g/mol. The summed E-state index contributed by atoms with van der Waals surface area (Å²) in [7, 11) is 0. The predicted molar refractivity (Wildman–Crippen MR) is 24.8 cm³/mol.